The molecule has 0 heterocycles. The fourth-order valence-corrected chi connectivity index (χ4v) is 14.2. The number of nitrogens with zero attached hydrogens (tertiary/aromatic N) is 2. The fraction of sp³-hybridized carbons (Fsp3) is 0.505. The third kappa shape index (κ3) is 46.3. The molecule has 0 aliphatic heterocycles. The van der Waals surface area contributed by atoms with E-state index in [2.05, 4.69) is 273 Å². The zero-order valence-electron chi connectivity index (χ0n) is 74.6. The molecule has 0 radical (unpaired) electrons. The number of unbranched alkanes of at least 4 members (excludes halogenated alkanes) is 1. The van der Waals surface area contributed by atoms with Crippen LogP contribution in [-0.2, 0) is 201 Å². The molecular formula is C97H138N2Ni3O2S14-12. The Morgan fingerprint density at radius 3 is 0.898 bits per heavy atom. The molecule has 2 unspecified atom stereocenters. The molecule has 674 valence electrons. The number of hydrogen-bond donors (Lipinski definition) is 1. The number of hydrogen-bond acceptors (Lipinski definition) is 18. The standard InChI is InChI=1S/2C18H29NS2.2C16H24OS2.C14H20S3.C11H14S3.C4H10.3Ni/c2*1-5-10-19(11-6-2)17-9-8-15(14(4)7-3)12-16(17)18(21)13-20;2*1-11(2)7-8-17-15-6-5-13(12(3)4)9-14(15)16(19)10-18;1-4-7-17-14-6-5-11(10(2)3)8-12(14)13(16)9-15;1-7(2)8-3-4-10(13)9(5-8)11(14)6-12;1-3-4-2;;;/h2*8-9,12-14,20-21H,5-7,10-11H2,1-4H3;2*5-6,9-12,18-19H,7-8H2,1-4H3;5-6,8-10,15-16H,4,7H2,1-3H3;3-7,12-14H,1-2H3;3-4H2,1-2H3;;;/p-12. The normalized spacial score (nSPS) is 12.1. The van der Waals surface area contributed by atoms with Gasteiger partial charge in [-0.15, -0.1) is 24.4 Å². The summed E-state index contributed by atoms with van der Waals surface area (Å²) in [6.07, 6.45) is 12.7. The fourth-order valence-electron chi connectivity index (χ4n) is 11.1. The van der Waals surface area contributed by atoms with Gasteiger partial charge in [0.2, 0.25) is 0 Å². The molecule has 6 rings (SSSR count). The van der Waals surface area contributed by atoms with E-state index < -0.39 is 0 Å². The van der Waals surface area contributed by atoms with Crippen LogP contribution in [0.3, 0.4) is 0 Å². The van der Waals surface area contributed by atoms with Gasteiger partial charge in [0.1, 0.15) is 11.5 Å². The molecule has 118 heavy (non-hydrogen) atoms. The molecular weight excluding hydrogens is 1850 g/mol. The van der Waals surface area contributed by atoms with Gasteiger partial charge in [0, 0.05) is 96.8 Å². The van der Waals surface area contributed by atoms with Gasteiger partial charge in [-0.1, -0.05) is 233 Å². The average Bonchev–Trinajstić information content (AvgIpc) is 0.820. The Labute approximate surface area is 828 Å². The van der Waals surface area contributed by atoms with Crippen molar-refractivity contribution in [3.8, 4) is 11.5 Å². The number of ether oxygens (including phenoxy) is 2. The molecule has 21 heteroatoms. The van der Waals surface area contributed by atoms with Gasteiger partial charge in [0.15, 0.2) is 0 Å². The van der Waals surface area contributed by atoms with Crippen molar-refractivity contribution in [3.63, 3.8) is 0 Å². The summed E-state index contributed by atoms with van der Waals surface area (Å²) >= 11 is 68.2. The van der Waals surface area contributed by atoms with Gasteiger partial charge in [0.25, 0.3) is 0 Å². The molecule has 2 atom stereocenters. The van der Waals surface area contributed by atoms with Crippen molar-refractivity contribution in [2.45, 2.75) is 275 Å². The van der Waals surface area contributed by atoms with Crippen molar-refractivity contribution < 1.29 is 58.9 Å². The van der Waals surface area contributed by atoms with Gasteiger partial charge < -0.3 is 171 Å². The van der Waals surface area contributed by atoms with E-state index in [0.717, 1.165) is 148 Å². The van der Waals surface area contributed by atoms with Gasteiger partial charge in [-0.3, -0.25) is 0 Å². The van der Waals surface area contributed by atoms with Crippen LogP contribution in [0.4, 0.5) is 11.4 Å². The van der Waals surface area contributed by atoms with Crippen molar-refractivity contribution in [1.29, 1.82) is 0 Å². The third-order valence-corrected chi connectivity index (χ3v) is 24.9. The molecule has 6 aromatic carbocycles. The zero-order chi connectivity index (χ0) is 87.4. The summed E-state index contributed by atoms with van der Waals surface area (Å²) < 4.78 is 11.7. The molecule has 0 fully saturated rings. The molecule has 4 nitrogen and oxygen atoms in total. The molecule has 0 bridgehead atoms. The van der Waals surface area contributed by atoms with Crippen molar-refractivity contribution in [2.75, 3.05) is 54.9 Å². The summed E-state index contributed by atoms with van der Waals surface area (Å²) in [7, 11) is 0. The SMILES string of the molecule is CC(C)CCOc1ccc(C(C)C)cc1C([S-])=C[S-].CC(C)CCOc1ccc(C(C)C)cc1C([S-])=C[S-].CC(C)c1ccc(S)c(C([S-])=C[S-])c1.CCCC.CCCN(CCC)c1ccc(C(C)CC)cc1C([S-])=C[S-].CCCN(CCC)c1ccc(C(C)CC)cc1C([S-])=C[S-].CCCSc1ccc(C(C)C)cc1C([S-])=C[S-].[Ni].[Ni].[Ni]. The van der Waals surface area contributed by atoms with Crippen LogP contribution in [0, 0.1) is 11.8 Å². The van der Waals surface area contributed by atoms with Crippen molar-refractivity contribution in [1.82, 2.24) is 0 Å². The van der Waals surface area contributed by atoms with Gasteiger partial charge >= 0.3 is 0 Å². The maximum atomic E-state index is 5.85. The van der Waals surface area contributed by atoms with E-state index in [9.17, 15) is 0 Å². The van der Waals surface area contributed by atoms with E-state index in [0.29, 0.717) is 75.3 Å². The summed E-state index contributed by atoms with van der Waals surface area (Å²) in [6, 6.07) is 38.5. The van der Waals surface area contributed by atoms with Gasteiger partial charge in [-0.05, 0) is 226 Å². The number of rotatable bonds is 36. The Kier molecular flexibility index (Phi) is 73.3. The summed E-state index contributed by atoms with van der Waals surface area (Å²) in [4.78, 5) is 11.4. The van der Waals surface area contributed by atoms with Gasteiger partial charge in [0.05, 0.1) is 13.2 Å². The van der Waals surface area contributed by atoms with Crippen LogP contribution < -0.4 is 19.3 Å². The Balaban J connectivity index is -0.000000653. The Morgan fingerprint density at radius 1 is 0.339 bits per heavy atom. The quantitative estimate of drug-likeness (QED) is 0.0175. The monoisotopic (exact) mass is 1980 g/mol. The summed E-state index contributed by atoms with van der Waals surface area (Å²) in [5, 5.41) is 9.47. The summed E-state index contributed by atoms with van der Waals surface area (Å²) in [5.74, 6) is 7.14. The van der Waals surface area contributed by atoms with Crippen molar-refractivity contribution in [3.05, 3.63) is 208 Å². The maximum absolute atomic E-state index is 5.85. The average molecular weight is 1990 g/mol. The summed E-state index contributed by atoms with van der Waals surface area (Å²) in [5.41, 5.74) is 16.5. The second kappa shape index (κ2) is 70.9. The van der Waals surface area contributed by atoms with E-state index in [1.807, 2.05) is 30.0 Å². The smallest absolute Gasteiger partial charge is 0.124 e. The number of benzene rings is 6. The van der Waals surface area contributed by atoms with Crippen molar-refractivity contribution >= 4 is 217 Å². The Bertz CT molecular complexity index is 3710. The zero-order valence-corrected chi connectivity index (χ0v) is 89.1. The molecule has 0 aliphatic rings. The molecule has 0 spiro atoms. The van der Waals surface area contributed by atoms with E-state index in [1.165, 1.54) is 74.3 Å². The van der Waals surface area contributed by atoms with E-state index in [4.69, 9.17) is 161 Å². The maximum Gasteiger partial charge on any atom is 0.124 e. The Hall–Kier alpha value is -2.22. The first kappa shape index (κ1) is 122. The molecule has 0 saturated carbocycles. The van der Waals surface area contributed by atoms with Crippen LogP contribution >= 0.6 is 24.4 Å². The van der Waals surface area contributed by atoms with E-state index in [1.54, 1.807) is 27.0 Å². The first-order chi connectivity index (χ1) is 54.6. The van der Waals surface area contributed by atoms with Crippen LogP contribution in [0.1, 0.15) is 332 Å². The number of thioether (sulfide) groups is 1. The topological polar surface area (TPSA) is 24.9 Å². The minimum atomic E-state index is 0. The van der Waals surface area contributed by atoms with Crippen LogP contribution in [-0.4, -0.2) is 45.1 Å². The predicted molar refractivity (Wildman–Crippen MR) is 553 cm³/mol. The number of thiol groups is 1. The van der Waals surface area contributed by atoms with E-state index >= 15 is 0 Å². The molecule has 6 aromatic rings. The molecule has 0 saturated heterocycles. The molecule has 0 amide bonds. The molecule has 0 N–H and O–H groups in total. The van der Waals surface area contributed by atoms with E-state index in [-0.39, 0.29) is 49.5 Å². The third-order valence-electron chi connectivity index (χ3n) is 18.9. The Morgan fingerprint density at radius 2 is 0.610 bits per heavy atom. The van der Waals surface area contributed by atoms with Gasteiger partial charge in [-0.2, -0.15) is 29.4 Å². The summed E-state index contributed by atoms with van der Waals surface area (Å²) in [6.45, 7) is 56.1. The van der Waals surface area contributed by atoms with Gasteiger partial charge in [-0.25, -0.2) is 32.4 Å². The first-order valence-corrected chi connectivity index (χ1v) is 48.2. The second-order valence-electron chi connectivity index (χ2n) is 30.6. The molecule has 0 aliphatic carbocycles. The largest absolute Gasteiger partial charge is 0.789 e. The van der Waals surface area contributed by atoms with Crippen LogP contribution in [0.5, 0.6) is 11.5 Å². The predicted octanol–water partition coefficient (Wildman–Crippen LogP) is 29.7. The number of anilines is 2. The minimum Gasteiger partial charge on any atom is -0.789 e. The first-order valence-electron chi connectivity index (χ1n) is 41.5. The second-order valence-corrected chi connectivity index (χ2v) is 36.3. The van der Waals surface area contributed by atoms with Crippen LogP contribution in [0.25, 0.3) is 29.4 Å². The van der Waals surface area contributed by atoms with Crippen LogP contribution in [0.15, 0.2) is 151 Å². The molecule has 0 aromatic heterocycles. The van der Waals surface area contributed by atoms with Crippen LogP contribution in [0.2, 0.25) is 0 Å². The minimum absolute atomic E-state index is 0. The van der Waals surface area contributed by atoms with Crippen molar-refractivity contribution in [2.24, 2.45) is 11.8 Å².